The van der Waals surface area contributed by atoms with Gasteiger partial charge in [0.2, 0.25) is 0 Å². The first kappa shape index (κ1) is 17.3. The lowest BCUT2D eigenvalue weighted by Gasteiger charge is -2.15. The fourth-order valence-corrected chi connectivity index (χ4v) is 2.02. The third-order valence-corrected chi connectivity index (χ3v) is 3.10. The molecule has 2 aromatic rings. The van der Waals surface area contributed by atoms with Gasteiger partial charge in [0.25, 0.3) is 11.5 Å². The normalized spacial score (nSPS) is 11.8. The molecule has 1 aromatic carbocycles. The summed E-state index contributed by atoms with van der Waals surface area (Å²) in [4.78, 5) is 38.8. The second-order valence-corrected chi connectivity index (χ2v) is 5.35. The van der Waals surface area contributed by atoms with Gasteiger partial charge in [0, 0.05) is 6.07 Å². The summed E-state index contributed by atoms with van der Waals surface area (Å²) >= 11 is 0. The molecule has 2 rings (SSSR count). The van der Waals surface area contributed by atoms with Crippen molar-refractivity contribution in [1.29, 1.82) is 0 Å². The number of hydrogen-bond donors (Lipinski definition) is 4. The number of anilines is 1. The van der Waals surface area contributed by atoms with Crippen LogP contribution in [0.2, 0.25) is 0 Å². The standard InChI is InChI=1S/C15H17FN4O4/c1-7-3-9(16)5-10(4-7)24-6-8(2)18-14(22)12-11(17)13(21)20-15(23)19-12/h3-5,8H,6,17H2,1-2H3,(H,18,22)(H2,19,20,21,23). The number of benzene rings is 1. The van der Waals surface area contributed by atoms with Gasteiger partial charge in [0.15, 0.2) is 0 Å². The molecule has 9 heteroatoms. The molecule has 1 aromatic heterocycles. The number of nitrogens with two attached hydrogens (primary N) is 1. The van der Waals surface area contributed by atoms with Gasteiger partial charge >= 0.3 is 5.69 Å². The van der Waals surface area contributed by atoms with E-state index in [4.69, 9.17) is 10.5 Å². The molecule has 128 valence electrons. The number of H-pyrrole nitrogens is 2. The van der Waals surface area contributed by atoms with Gasteiger partial charge in [-0.15, -0.1) is 0 Å². The van der Waals surface area contributed by atoms with Crippen molar-refractivity contribution in [3.05, 3.63) is 56.1 Å². The predicted molar refractivity (Wildman–Crippen MR) is 85.7 cm³/mol. The van der Waals surface area contributed by atoms with Gasteiger partial charge in [-0.2, -0.15) is 0 Å². The zero-order valence-electron chi connectivity index (χ0n) is 13.1. The number of carbonyl (C=O) groups is 1. The Labute approximate surface area is 135 Å². The van der Waals surface area contributed by atoms with Crippen molar-refractivity contribution in [3.8, 4) is 5.75 Å². The summed E-state index contributed by atoms with van der Waals surface area (Å²) in [6.45, 7) is 3.43. The Bertz CT molecular complexity index is 854. The number of amides is 1. The van der Waals surface area contributed by atoms with Crippen molar-refractivity contribution in [3.63, 3.8) is 0 Å². The molecule has 0 aliphatic rings. The molecule has 0 aliphatic carbocycles. The van der Waals surface area contributed by atoms with E-state index in [1.54, 1.807) is 19.9 Å². The number of rotatable bonds is 5. The highest BCUT2D eigenvalue weighted by molar-refractivity contribution is 5.96. The summed E-state index contributed by atoms with van der Waals surface area (Å²) in [7, 11) is 0. The molecule has 5 N–H and O–H groups in total. The average Bonchev–Trinajstić information content (AvgIpc) is 2.47. The van der Waals surface area contributed by atoms with Crippen molar-refractivity contribution < 1.29 is 13.9 Å². The smallest absolute Gasteiger partial charge is 0.326 e. The van der Waals surface area contributed by atoms with Gasteiger partial charge in [-0.1, -0.05) is 0 Å². The monoisotopic (exact) mass is 336 g/mol. The molecule has 0 aliphatic heterocycles. The van der Waals surface area contributed by atoms with E-state index in [1.165, 1.54) is 12.1 Å². The summed E-state index contributed by atoms with van der Waals surface area (Å²) in [6, 6.07) is 3.77. The average molecular weight is 336 g/mol. The fraction of sp³-hybridized carbons (Fsp3) is 0.267. The first-order valence-electron chi connectivity index (χ1n) is 7.09. The van der Waals surface area contributed by atoms with Gasteiger partial charge < -0.3 is 20.8 Å². The fourth-order valence-electron chi connectivity index (χ4n) is 2.02. The van der Waals surface area contributed by atoms with Crippen LogP contribution in [0.1, 0.15) is 23.0 Å². The number of hydrogen-bond acceptors (Lipinski definition) is 5. The number of aromatic amines is 2. The summed E-state index contributed by atoms with van der Waals surface area (Å²) in [6.07, 6.45) is 0. The summed E-state index contributed by atoms with van der Waals surface area (Å²) < 4.78 is 18.7. The van der Waals surface area contributed by atoms with Crippen molar-refractivity contribution >= 4 is 11.6 Å². The van der Waals surface area contributed by atoms with E-state index in [-0.39, 0.29) is 18.0 Å². The molecule has 1 atom stereocenters. The maximum atomic E-state index is 13.3. The Balaban J connectivity index is 2.02. The van der Waals surface area contributed by atoms with Crippen LogP contribution in [-0.2, 0) is 0 Å². The van der Waals surface area contributed by atoms with Crippen LogP contribution in [-0.4, -0.2) is 28.5 Å². The van der Waals surface area contributed by atoms with Crippen LogP contribution in [0.3, 0.4) is 0 Å². The molecule has 1 heterocycles. The highest BCUT2D eigenvalue weighted by Gasteiger charge is 2.16. The van der Waals surface area contributed by atoms with Gasteiger partial charge in [0.05, 0.1) is 6.04 Å². The minimum absolute atomic E-state index is 0.0575. The van der Waals surface area contributed by atoms with Crippen LogP contribution in [0, 0.1) is 12.7 Å². The van der Waals surface area contributed by atoms with E-state index < -0.39 is 29.0 Å². The number of carbonyl (C=O) groups excluding carboxylic acids is 1. The van der Waals surface area contributed by atoms with E-state index >= 15 is 0 Å². The molecule has 0 saturated carbocycles. The molecule has 0 spiro atoms. The maximum Gasteiger partial charge on any atom is 0.326 e. The number of aromatic nitrogens is 2. The Morgan fingerprint density at radius 3 is 2.71 bits per heavy atom. The third kappa shape index (κ3) is 4.22. The van der Waals surface area contributed by atoms with Crippen LogP contribution in [0.5, 0.6) is 5.75 Å². The Morgan fingerprint density at radius 1 is 1.33 bits per heavy atom. The van der Waals surface area contributed by atoms with E-state index in [9.17, 15) is 18.8 Å². The SMILES string of the molecule is Cc1cc(F)cc(OCC(C)NC(=O)c2[nH]c(=O)[nH]c(=O)c2N)c1. The van der Waals surface area contributed by atoms with Crippen LogP contribution in [0.25, 0.3) is 0 Å². The molecule has 0 radical (unpaired) electrons. The quantitative estimate of drug-likeness (QED) is 0.623. The van der Waals surface area contributed by atoms with Crippen LogP contribution in [0.15, 0.2) is 27.8 Å². The van der Waals surface area contributed by atoms with Gasteiger partial charge in [-0.3, -0.25) is 14.6 Å². The number of aryl methyl sites for hydroxylation is 1. The third-order valence-electron chi connectivity index (χ3n) is 3.10. The zero-order chi connectivity index (χ0) is 17.9. The van der Waals surface area contributed by atoms with Crippen LogP contribution >= 0.6 is 0 Å². The molecule has 24 heavy (non-hydrogen) atoms. The van der Waals surface area contributed by atoms with Crippen LogP contribution < -0.4 is 27.0 Å². The van der Waals surface area contributed by atoms with Gasteiger partial charge in [0.1, 0.15) is 29.6 Å². The number of nitrogen functional groups attached to an aromatic ring is 1. The van der Waals surface area contributed by atoms with E-state index in [0.29, 0.717) is 11.3 Å². The molecular weight excluding hydrogens is 319 g/mol. The van der Waals surface area contributed by atoms with E-state index in [0.717, 1.165) is 0 Å². The highest BCUT2D eigenvalue weighted by atomic mass is 19.1. The number of halogens is 1. The lowest BCUT2D eigenvalue weighted by Crippen LogP contribution is -2.40. The second kappa shape index (κ2) is 6.99. The summed E-state index contributed by atoms with van der Waals surface area (Å²) in [5.74, 6) is -0.810. The molecule has 1 unspecified atom stereocenters. The number of nitrogens with one attached hydrogen (secondary N) is 3. The Kier molecular flexibility index (Phi) is 5.02. The minimum Gasteiger partial charge on any atom is -0.491 e. The molecule has 8 nitrogen and oxygen atoms in total. The summed E-state index contributed by atoms with van der Waals surface area (Å²) in [5.41, 5.74) is 3.79. The number of ether oxygens (including phenoxy) is 1. The molecule has 0 fully saturated rings. The van der Waals surface area contributed by atoms with E-state index in [1.807, 2.05) is 4.98 Å². The van der Waals surface area contributed by atoms with Crippen molar-refractivity contribution in [2.24, 2.45) is 0 Å². The first-order valence-corrected chi connectivity index (χ1v) is 7.09. The Hall–Kier alpha value is -3.10. The largest absolute Gasteiger partial charge is 0.491 e. The van der Waals surface area contributed by atoms with Crippen molar-refractivity contribution in [2.75, 3.05) is 12.3 Å². The maximum absolute atomic E-state index is 13.3. The molecular formula is C15H17FN4O4. The second-order valence-electron chi connectivity index (χ2n) is 5.35. The zero-order valence-corrected chi connectivity index (χ0v) is 13.1. The molecule has 0 bridgehead atoms. The van der Waals surface area contributed by atoms with E-state index in [2.05, 4.69) is 10.3 Å². The van der Waals surface area contributed by atoms with Crippen LogP contribution in [0.4, 0.5) is 10.1 Å². The topological polar surface area (TPSA) is 130 Å². The minimum atomic E-state index is -0.844. The molecule has 0 saturated heterocycles. The van der Waals surface area contributed by atoms with Crippen molar-refractivity contribution in [2.45, 2.75) is 19.9 Å². The lowest BCUT2D eigenvalue weighted by molar-refractivity contribution is 0.0922. The van der Waals surface area contributed by atoms with Gasteiger partial charge in [-0.25, -0.2) is 9.18 Å². The lowest BCUT2D eigenvalue weighted by atomic mass is 10.2. The first-order chi connectivity index (χ1) is 11.3. The van der Waals surface area contributed by atoms with Gasteiger partial charge in [-0.05, 0) is 31.5 Å². The highest BCUT2D eigenvalue weighted by Crippen LogP contribution is 2.15. The summed E-state index contributed by atoms with van der Waals surface area (Å²) in [5, 5.41) is 2.53. The predicted octanol–water partition coefficient (Wildman–Crippen LogP) is 0.290. The molecule has 1 amide bonds. The van der Waals surface area contributed by atoms with Crippen molar-refractivity contribution in [1.82, 2.24) is 15.3 Å². The Morgan fingerprint density at radius 2 is 2.04 bits per heavy atom.